The zero-order valence-electron chi connectivity index (χ0n) is 5.34. The molecule has 6 nitrogen and oxygen atoms in total. The van der Waals surface area contributed by atoms with Crippen molar-refractivity contribution < 1.29 is 25.9 Å². The Morgan fingerprint density at radius 2 is 1.30 bits per heavy atom. The van der Waals surface area contributed by atoms with E-state index in [1.165, 1.54) is 14.2 Å². The Morgan fingerprint density at radius 1 is 1.10 bits per heavy atom. The third-order valence-corrected chi connectivity index (χ3v) is 0.816. The van der Waals surface area contributed by atoms with Gasteiger partial charge in [0.05, 0.1) is 14.2 Å². The second kappa shape index (κ2) is 9.14. The van der Waals surface area contributed by atoms with Crippen LogP contribution in [0.4, 0.5) is 0 Å². The fourth-order valence-corrected chi connectivity index (χ4v) is 0.204. The van der Waals surface area contributed by atoms with Gasteiger partial charge in [0, 0.05) is 0 Å². The Hall–Kier alpha value is 0.140. The molecule has 0 unspecified atom stereocenters. The predicted octanol–water partition coefficient (Wildman–Crippen LogP) is -0.461. The average Bonchev–Trinajstić information content (AvgIpc) is 1.85. The maximum absolute atomic E-state index is 9.85. The summed E-state index contributed by atoms with van der Waals surface area (Å²) in [6.45, 7) is 0. The zero-order valence-corrected chi connectivity index (χ0v) is 6.98. The summed E-state index contributed by atoms with van der Waals surface area (Å²) in [6, 6.07) is 0. The summed E-state index contributed by atoms with van der Waals surface area (Å²) in [5.41, 5.74) is 0. The molecule has 0 amide bonds. The minimum absolute atomic E-state index is 1.31. The van der Waals surface area contributed by atoms with Crippen molar-refractivity contribution in [2.45, 2.75) is 0 Å². The van der Waals surface area contributed by atoms with Crippen LogP contribution in [-0.2, 0) is 31.1 Å². The zero-order chi connectivity index (χ0) is 8.57. The third-order valence-electron chi connectivity index (χ3n) is 0.272. The molecule has 0 aromatic rings. The van der Waals surface area contributed by atoms with Crippen LogP contribution in [-0.4, -0.2) is 31.7 Å². The highest BCUT2D eigenvalue weighted by atomic mass is 32.2. The third kappa shape index (κ3) is 24.2. The van der Waals surface area contributed by atoms with Crippen LogP contribution in [0.3, 0.4) is 0 Å². The lowest BCUT2D eigenvalue weighted by atomic mass is 11.8. The van der Waals surface area contributed by atoms with Gasteiger partial charge < -0.3 is 0 Å². The highest BCUT2D eigenvalue weighted by molar-refractivity contribution is 7.75. The van der Waals surface area contributed by atoms with Gasteiger partial charge in [-0.2, -0.15) is 8.42 Å². The summed E-state index contributed by atoms with van der Waals surface area (Å²) < 4.78 is 41.0. The van der Waals surface area contributed by atoms with Gasteiger partial charge in [-0.05, 0) is 0 Å². The van der Waals surface area contributed by atoms with E-state index >= 15 is 0 Å². The molecular formula is C2H8O6S2. The maximum atomic E-state index is 9.85. The summed E-state index contributed by atoms with van der Waals surface area (Å²) in [6.07, 6.45) is 0. The molecule has 0 saturated carbocycles. The van der Waals surface area contributed by atoms with Gasteiger partial charge >= 0.3 is 11.4 Å². The van der Waals surface area contributed by atoms with Crippen molar-refractivity contribution in [3.63, 3.8) is 0 Å². The van der Waals surface area contributed by atoms with Gasteiger partial charge in [-0.15, -0.1) is 0 Å². The molecule has 0 aliphatic carbocycles. The molecule has 0 aliphatic heterocycles. The molecule has 64 valence electrons. The van der Waals surface area contributed by atoms with Crippen LogP contribution in [0.5, 0.6) is 0 Å². The first-order valence-electron chi connectivity index (χ1n) is 1.85. The van der Waals surface area contributed by atoms with E-state index in [0.29, 0.717) is 0 Å². The standard InChI is InChI=1S/C2H6O3S.H2O3S/c1-4-6(3)5-2;1-4(2)3/h1-2H3;(H2,1,2,3). The molecule has 0 bridgehead atoms. The molecule has 0 spiro atoms. The van der Waals surface area contributed by atoms with E-state index in [-0.39, 0.29) is 0 Å². The minimum atomic E-state index is -2.61. The molecule has 0 rings (SSSR count). The largest absolute Gasteiger partial charge is 0.304 e. The van der Waals surface area contributed by atoms with Crippen molar-refractivity contribution in [2.24, 2.45) is 0 Å². The number of hydrogen-bond donors (Lipinski definition) is 2. The van der Waals surface area contributed by atoms with Crippen LogP contribution in [0.25, 0.3) is 0 Å². The van der Waals surface area contributed by atoms with Crippen molar-refractivity contribution in [1.82, 2.24) is 0 Å². The fourth-order valence-electron chi connectivity index (χ4n) is 0.0680. The summed E-state index contributed by atoms with van der Waals surface area (Å²) in [5.74, 6) is 0. The lowest BCUT2D eigenvalue weighted by Gasteiger charge is -1.86. The Bertz CT molecular complexity index is 102. The van der Waals surface area contributed by atoms with Crippen LogP contribution in [0.15, 0.2) is 0 Å². The molecule has 0 radical (unpaired) electrons. The van der Waals surface area contributed by atoms with E-state index in [2.05, 4.69) is 8.37 Å². The van der Waals surface area contributed by atoms with Crippen molar-refractivity contribution >= 4 is 22.7 Å². The Balaban J connectivity index is 0. The van der Waals surface area contributed by atoms with Crippen molar-refractivity contribution in [3.8, 4) is 0 Å². The predicted molar refractivity (Wildman–Crippen MR) is 35.6 cm³/mol. The lowest BCUT2D eigenvalue weighted by molar-refractivity contribution is 0.334. The minimum Gasteiger partial charge on any atom is -0.284 e. The summed E-state index contributed by atoms with van der Waals surface area (Å²) >= 11 is -4.15. The van der Waals surface area contributed by atoms with Crippen molar-refractivity contribution in [3.05, 3.63) is 0 Å². The SMILES string of the molecule is COS(=O)OC.O=S(O)O. The molecule has 0 fully saturated rings. The molecule has 8 heteroatoms. The quantitative estimate of drug-likeness (QED) is 0.575. The van der Waals surface area contributed by atoms with Gasteiger partial charge in [-0.25, -0.2) is 0 Å². The van der Waals surface area contributed by atoms with E-state index in [9.17, 15) is 4.21 Å². The van der Waals surface area contributed by atoms with Crippen molar-refractivity contribution in [2.75, 3.05) is 14.2 Å². The van der Waals surface area contributed by atoms with Crippen LogP contribution in [0, 0.1) is 0 Å². The first-order valence-corrected chi connectivity index (χ1v) is 3.91. The van der Waals surface area contributed by atoms with Gasteiger partial charge in [0.2, 0.25) is 0 Å². The highest BCUT2D eigenvalue weighted by Crippen LogP contribution is 1.76. The molecule has 10 heavy (non-hydrogen) atoms. The highest BCUT2D eigenvalue weighted by Gasteiger charge is 1.84. The van der Waals surface area contributed by atoms with E-state index in [1.54, 1.807) is 0 Å². The van der Waals surface area contributed by atoms with E-state index in [4.69, 9.17) is 13.3 Å². The molecular weight excluding hydrogens is 184 g/mol. The van der Waals surface area contributed by atoms with Gasteiger partial charge in [0.1, 0.15) is 0 Å². The fraction of sp³-hybridized carbons (Fsp3) is 1.00. The number of hydrogen-bond acceptors (Lipinski definition) is 4. The van der Waals surface area contributed by atoms with Crippen LogP contribution >= 0.6 is 0 Å². The normalized spacial score (nSPS) is 9.40. The number of rotatable bonds is 2. The smallest absolute Gasteiger partial charge is 0.284 e. The Kier molecular flexibility index (Phi) is 11.7. The molecule has 0 saturated heterocycles. The first kappa shape index (κ1) is 12.8. The van der Waals surface area contributed by atoms with Gasteiger partial charge in [-0.1, -0.05) is 0 Å². The van der Waals surface area contributed by atoms with Gasteiger partial charge in [0.15, 0.2) is 0 Å². The van der Waals surface area contributed by atoms with Crippen LogP contribution in [0.2, 0.25) is 0 Å². The van der Waals surface area contributed by atoms with Gasteiger partial charge in [0.25, 0.3) is 11.4 Å². The Labute approximate surface area is 63.5 Å². The molecule has 2 N–H and O–H groups in total. The molecule has 0 heterocycles. The summed E-state index contributed by atoms with van der Waals surface area (Å²) in [5, 5.41) is 0. The average molecular weight is 192 g/mol. The maximum Gasteiger partial charge on any atom is 0.304 e. The van der Waals surface area contributed by atoms with Crippen LogP contribution in [0.1, 0.15) is 0 Å². The molecule has 0 aromatic carbocycles. The molecule has 0 atom stereocenters. The second-order valence-corrected chi connectivity index (χ2v) is 2.30. The summed E-state index contributed by atoms with van der Waals surface area (Å²) in [7, 11) is 2.61. The second-order valence-electron chi connectivity index (χ2n) is 0.768. The molecule has 0 aliphatic rings. The van der Waals surface area contributed by atoms with E-state index in [1.807, 2.05) is 0 Å². The van der Waals surface area contributed by atoms with Crippen LogP contribution < -0.4 is 0 Å². The Morgan fingerprint density at radius 3 is 1.30 bits per heavy atom. The van der Waals surface area contributed by atoms with Crippen molar-refractivity contribution in [1.29, 1.82) is 0 Å². The lowest BCUT2D eigenvalue weighted by Crippen LogP contribution is -1.91. The summed E-state index contributed by atoms with van der Waals surface area (Å²) in [4.78, 5) is 0. The van der Waals surface area contributed by atoms with Gasteiger partial charge in [-0.3, -0.25) is 17.5 Å². The first-order chi connectivity index (χ1) is 4.54. The topological polar surface area (TPSA) is 93.1 Å². The van der Waals surface area contributed by atoms with E-state index < -0.39 is 22.7 Å². The monoisotopic (exact) mass is 192 g/mol. The molecule has 0 aromatic heterocycles. The van der Waals surface area contributed by atoms with E-state index in [0.717, 1.165) is 0 Å².